The summed E-state index contributed by atoms with van der Waals surface area (Å²) in [6.07, 6.45) is 2.28. The van der Waals surface area contributed by atoms with Gasteiger partial charge >= 0.3 is 0 Å². The summed E-state index contributed by atoms with van der Waals surface area (Å²) in [5.74, 6) is 1.15. The van der Waals surface area contributed by atoms with Crippen LogP contribution in [-0.2, 0) is 10.6 Å². The van der Waals surface area contributed by atoms with E-state index in [1.165, 1.54) is 0 Å². The first-order valence-electron chi connectivity index (χ1n) is 6.34. The molecule has 2 nitrogen and oxygen atoms in total. The molecule has 0 spiro atoms. The standard InChI is InChI=1S/C14H19Cl2NO/c1-17(10-11-5-7-18-8-6-11)14-4-2-3-13(16)12(14)9-15/h2-4,11H,5-10H2,1H3. The number of halogens is 2. The predicted molar refractivity (Wildman–Crippen MR) is 77.8 cm³/mol. The maximum absolute atomic E-state index is 6.19. The van der Waals surface area contributed by atoms with Crippen LogP contribution in [-0.4, -0.2) is 26.8 Å². The maximum Gasteiger partial charge on any atom is 0.0509 e. The van der Waals surface area contributed by atoms with Gasteiger partial charge in [-0.3, -0.25) is 0 Å². The Hall–Kier alpha value is -0.440. The largest absolute Gasteiger partial charge is 0.381 e. The molecule has 1 aliphatic rings. The number of nitrogens with zero attached hydrogens (tertiary/aromatic N) is 1. The van der Waals surface area contributed by atoms with Crippen LogP contribution in [0.4, 0.5) is 5.69 Å². The van der Waals surface area contributed by atoms with Crippen molar-refractivity contribution < 1.29 is 4.74 Å². The van der Waals surface area contributed by atoms with Crippen molar-refractivity contribution in [2.45, 2.75) is 18.7 Å². The lowest BCUT2D eigenvalue weighted by Crippen LogP contribution is -2.30. The second kappa shape index (κ2) is 6.65. The summed E-state index contributed by atoms with van der Waals surface area (Å²) in [5, 5.41) is 0.751. The van der Waals surface area contributed by atoms with Crippen molar-refractivity contribution in [1.29, 1.82) is 0 Å². The summed E-state index contributed by atoms with van der Waals surface area (Å²) in [6, 6.07) is 5.96. The molecule has 0 unspecified atom stereocenters. The van der Waals surface area contributed by atoms with Crippen LogP contribution in [0.15, 0.2) is 18.2 Å². The zero-order valence-electron chi connectivity index (χ0n) is 10.7. The maximum atomic E-state index is 6.19. The number of benzene rings is 1. The number of alkyl halides is 1. The van der Waals surface area contributed by atoms with Crippen molar-refractivity contribution in [3.05, 3.63) is 28.8 Å². The van der Waals surface area contributed by atoms with Gasteiger partial charge in [-0.15, -0.1) is 11.6 Å². The Kier molecular flexibility index (Phi) is 5.16. The van der Waals surface area contributed by atoms with E-state index < -0.39 is 0 Å². The molecule has 100 valence electrons. The summed E-state index contributed by atoms with van der Waals surface area (Å²) in [4.78, 5) is 2.26. The first kappa shape index (κ1) is 14.0. The van der Waals surface area contributed by atoms with Gasteiger partial charge < -0.3 is 9.64 Å². The van der Waals surface area contributed by atoms with Crippen LogP contribution in [0.1, 0.15) is 18.4 Å². The van der Waals surface area contributed by atoms with Crippen molar-refractivity contribution in [3.8, 4) is 0 Å². The average Bonchev–Trinajstić information content (AvgIpc) is 2.39. The molecule has 18 heavy (non-hydrogen) atoms. The van der Waals surface area contributed by atoms with E-state index in [-0.39, 0.29) is 0 Å². The van der Waals surface area contributed by atoms with E-state index in [1.54, 1.807) is 0 Å². The molecule has 0 aliphatic carbocycles. The highest BCUT2D eigenvalue weighted by Gasteiger charge is 2.17. The average molecular weight is 288 g/mol. The Labute approximate surface area is 119 Å². The van der Waals surface area contributed by atoms with Crippen LogP contribution >= 0.6 is 23.2 Å². The first-order valence-corrected chi connectivity index (χ1v) is 7.26. The lowest BCUT2D eigenvalue weighted by molar-refractivity contribution is 0.0685. The summed E-state index contributed by atoms with van der Waals surface area (Å²) in [7, 11) is 2.11. The number of rotatable bonds is 4. The molecular weight excluding hydrogens is 269 g/mol. The SMILES string of the molecule is CN(CC1CCOCC1)c1cccc(Cl)c1CCl. The van der Waals surface area contributed by atoms with Crippen molar-refractivity contribution in [2.24, 2.45) is 5.92 Å². The molecule has 1 aromatic rings. The van der Waals surface area contributed by atoms with Crippen LogP contribution < -0.4 is 4.90 Å². The van der Waals surface area contributed by atoms with E-state index >= 15 is 0 Å². The normalized spacial score (nSPS) is 16.8. The first-order chi connectivity index (χ1) is 8.72. The Morgan fingerprint density at radius 3 is 2.72 bits per heavy atom. The molecule has 0 bridgehead atoms. The van der Waals surface area contributed by atoms with E-state index in [0.29, 0.717) is 11.8 Å². The van der Waals surface area contributed by atoms with E-state index in [9.17, 15) is 0 Å². The van der Waals surface area contributed by atoms with Gasteiger partial charge in [-0.25, -0.2) is 0 Å². The Bertz CT molecular complexity index is 391. The molecule has 1 heterocycles. The smallest absolute Gasteiger partial charge is 0.0509 e. The van der Waals surface area contributed by atoms with Gasteiger partial charge in [0, 0.05) is 43.1 Å². The van der Waals surface area contributed by atoms with Crippen LogP contribution in [0.25, 0.3) is 0 Å². The lowest BCUT2D eigenvalue weighted by Gasteiger charge is -2.29. The highest BCUT2D eigenvalue weighted by molar-refractivity contribution is 6.32. The van der Waals surface area contributed by atoms with Gasteiger partial charge in [-0.2, -0.15) is 0 Å². The quantitative estimate of drug-likeness (QED) is 0.778. The third-order valence-electron chi connectivity index (χ3n) is 3.51. The number of anilines is 1. The number of hydrogen-bond donors (Lipinski definition) is 0. The third-order valence-corrected chi connectivity index (χ3v) is 4.13. The van der Waals surface area contributed by atoms with Crippen molar-refractivity contribution in [1.82, 2.24) is 0 Å². The van der Waals surface area contributed by atoms with E-state index in [1.807, 2.05) is 12.1 Å². The highest BCUT2D eigenvalue weighted by atomic mass is 35.5. The summed E-state index contributed by atoms with van der Waals surface area (Å²) in [5.41, 5.74) is 2.17. The van der Waals surface area contributed by atoms with Gasteiger partial charge in [0.25, 0.3) is 0 Å². The number of hydrogen-bond acceptors (Lipinski definition) is 2. The van der Waals surface area contributed by atoms with E-state index in [2.05, 4.69) is 18.0 Å². The molecule has 1 saturated heterocycles. The zero-order chi connectivity index (χ0) is 13.0. The predicted octanol–water partition coefficient (Wildman–Crippen LogP) is 3.94. The monoisotopic (exact) mass is 287 g/mol. The van der Waals surface area contributed by atoms with Gasteiger partial charge in [-0.05, 0) is 30.9 Å². The molecule has 0 saturated carbocycles. The molecule has 1 aliphatic heterocycles. The van der Waals surface area contributed by atoms with Crippen LogP contribution in [0.2, 0.25) is 5.02 Å². The Morgan fingerprint density at radius 2 is 2.06 bits per heavy atom. The zero-order valence-corrected chi connectivity index (χ0v) is 12.2. The molecule has 1 aromatic carbocycles. The minimum Gasteiger partial charge on any atom is -0.381 e. The van der Waals surface area contributed by atoms with Crippen LogP contribution in [0, 0.1) is 5.92 Å². The molecule has 0 amide bonds. The van der Waals surface area contributed by atoms with Crippen molar-refractivity contribution >= 4 is 28.9 Å². The van der Waals surface area contributed by atoms with E-state index in [0.717, 1.165) is 48.9 Å². The van der Waals surface area contributed by atoms with Gasteiger partial charge in [0.1, 0.15) is 0 Å². The minimum atomic E-state index is 0.452. The second-order valence-electron chi connectivity index (χ2n) is 4.81. The fraction of sp³-hybridized carbons (Fsp3) is 0.571. The van der Waals surface area contributed by atoms with Crippen LogP contribution in [0.3, 0.4) is 0 Å². The van der Waals surface area contributed by atoms with Gasteiger partial charge in [0.05, 0.1) is 5.88 Å². The molecule has 1 fully saturated rings. The van der Waals surface area contributed by atoms with Crippen molar-refractivity contribution in [3.63, 3.8) is 0 Å². The molecule has 4 heteroatoms. The van der Waals surface area contributed by atoms with Gasteiger partial charge in [0.2, 0.25) is 0 Å². The Balaban J connectivity index is 2.07. The second-order valence-corrected chi connectivity index (χ2v) is 5.48. The topological polar surface area (TPSA) is 12.5 Å². The molecule has 0 atom stereocenters. The Morgan fingerprint density at radius 1 is 1.33 bits per heavy atom. The van der Waals surface area contributed by atoms with Gasteiger partial charge in [-0.1, -0.05) is 17.7 Å². The van der Waals surface area contributed by atoms with Crippen LogP contribution in [0.5, 0.6) is 0 Å². The van der Waals surface area contributed by atoms with E-state index in [4.69, 9.17) is 27.9 Å². The number of ether oxygens (including phenoxy) is 1. The minimum absolute atomic E-state index is 0.452. The molecule has 0 N–H and O–H groups in total. The molecular formula is C14H19Cl2NO. The summed E-state index contributed by atoms with van der Waals surface area (Å²) in [6.45, 7) is 2.81. The fourth-order valence-corrected chi connectivity index (χ4v) is 3.04. The lowest BCUT2D eigenvalue weighted by atomic mass is 9.99. The fourth-order valence-electron chi connectivity index (χ4n) is 2.45. The molecule has 0 aromatic heterocycles. The highest BCUT2D eigenvalue weighted by Crippen LogP contribution is 2.29. The summed E-state index contributed by atoms with van der Waals surface area (Å²) >= 11 is 12.2. The molecule has 2 rings (SSSR count). The van der Waals surface area contributed by atoms with Crippen molar-refractivity contribution in [2.75, 3.05) is 31.7 Å². The molecule has 0 radical (unpaired) electrons. The third kappa shape index (κ3) is 3.31. The van der Waals surface area contributed by atoms with Gasteiger partial charge in [0.15, 0.2) is 0 Å². The summed E-state index contributed by atoms with van der Waals surface area (Å²) < 4.78 is 5.39.